The number of benzene rings is 1. The third kappa shape index (κ3) is 7.37. The van der Waals surface area contributed by atoms with E-state index in [4.69, 9.17) is 5.11 Å². The van der Waals surface area contributed by atoms with Crippen molar-refractivity contribution in [3.05, 3.63) is 35.9 Å². The van der Waals surface area contributed by atoms with Crippen LogP contribution in [0.1, 0.15) is 39.2 Å². The first-order valence-corrected chi connectivity index (χ1v) is 8.68. The number of hydrogen-bond acceptors (Lipinski definition) is 3. The molecule has 3 N–H and O–H groups in total. The smallest absolute Gasteiger partial charge is 0.308 e. The summed E-state index contributed by atoms with van der Waals surface area (Å²) in [5.74, 6) is -2.21. The predicted molar refractivity (Wildman–Crippen MR) is 96.0 cm³/mol. The Balaban J connectivity index is 2.61. The van der Waals surface area contributed by atoms with Crippen molar-refractivity contribution in [3.63, 3.8) is 0 Å². The maximum absolute atomic E-state index is 12.4. The third-order valence-electron chi connectivity index (χ3n) is 3.98. The Morgan fingerprint density at radius 1 is 1.12 bits per heavy atom. The Hall–Kier alpha value is -2.37. The van der Waals surface area contributed by atoms with Crippen LogP contribution in [0.5, 0.6) is 0 Å². The van der Waals surface area contributed by atoms with Gasteiger partial charge < -0.3 is 15.7 Å². The number of carboxylic acid groups (broad SMARTS) is 1. The fourth-order valence-corrected chi connectivity index (χ4v) is 2.54. The lowest BCUT2D eigenvalue weighted by atomic mass is 10.0. The number of carboxylic acids is 1. The van der Waals surface area contributed by atoms with E-state index >= 15 is 0 Å². The van der Waals surface area contributed by atoms with Crippen molar-refractivity contribution in [2.75, 3.05) is 6.54 Å². The fraction of sp³-hybridized carbons (Fsp3) is 0.526. The van der Waals surface area contributed by atoms with E-state index in [1.54, 1.807) is 0 Å². The summed E-state index contributed by atoms with van der Waals surface area (Å²) in [5, 5.41) is 14.6. The summed E-state index contributed by atoms with van der Waals surface area (Å²) in [6, 6.07) is 8.61. The summed E-state index contributed by atoms with van der Waals surface area (Å²) in [7, 11) is 0. The second kappa shape index (κ2) is 10.5. The molecule has 6 heteroatoms. The molecular formula is C19H28N2O4. The molecule has 0 spiro atoms. The number of nitrogens with one attached hydrogen (secondary N) is 2. The van der Waals surface area contributed by atoms with Gasteiger partial charge in [-0.25, -0.2) is 0 Å². The SMILES string of the molecule is CCCC(CNC(=O)C(NC(=O)Cc1ccccc1)C(C)C)C(=O)O. The van der Waals surface area contributed by atoms with Gasteiger partial charge in [-0.05, 0) is 17.9 Å². The van der Waals surface area contributed by atoms with Gasteiger partial charge in [0.2, 0.25) is 11.8 Å². The molecule has 0 heterocycles. The molecule has 0 saturated carbocycles. The van der Waals surface area contributed by atoms with Crippen LogP contribution < -0.4 is 10.6 Å². The van der Waals surface area contributed by atoms with E-state index in [-0.39, 0.29) is 30.7 Å². The molecule has 2 amide bonds. The highest BCUT2D eigenvalue weighted by Crippen LogP contribution is 2.07. The molecule has 0 saturated heterocycles. The van der Waals surface area contributed by atoms with Crippen molar-refractivity contribution < 1.29 is 19.5 Å². The average Bonchev–Trinajstić information content (AvgIpc) is 2.56. The summed E-state index contributed by atoms with van der Waals surface area (Å²) in [6.45, 7) is 5.65. The Labute approximate surface area is 149 Å². The monoisotopic (exact) mass is 348 g/mol. The van der Waals surface area contributed by atoms with Crippen molar-refractivity contribution in [1.29, 1.82) is 0 Å². The molecule has 138 valence electrons. The minimum absolute atomic E-state index is 0.0692. The second-order valence-corrected chi connectivity index (χ2v) is 6.52. The number of carbonyl (C=O) groups is 3. The van der Waals surface area contributed by atoms with E-state index in [9.17, 15) is 14.4 Å². The van der Waals surface area contributed by atoms with Gasteiger partial charge >= 0.3 is 5.97 Å². The van der Waals surface area contributed by atoms with Gasteiger partial charge in [0.1, 0.15) is 6.04 Å². The van der Waals surface area contributed by atoms with Gasteiger partial charge in [0, 0.05) is 6.54 Å². The number of aliphatic carboxylic acids is 1. The van der Waals surface area contributed by atoms with Gasteiger partial charge in [0.15, 0.2) is 0 Å². The van der Waals surface area contributed by atoms with Crippen LogP contribution in [-0.4, -0.2) is 35.5 Å². The predicted octanol–water partition coefficient (Wildman–Crippen LogP) is 1.99. The molecule has 2 unspecified atom stereocenters. The fourth-order valence-electron chi connectivity index (χ4n) is 2.54. The number of rotatable bonds is 10. The Morgan fingerprint density at radius 3 is 2.28 bits per heavy atom. The molecule has 0 radical (unpaired) electrons. The van der Waals surface area contributed by atoms with Gasteiger partial charge in [-0.3, -0.25) is 14.4 Å². The first-order valence-electron chi connectivity index (χ1n) is 8.68. The van der Waals surface area contributed by atoms with Crippen LogP contribution in [-0.2, 0) is 20.8 Å². The van der Waals surface area contributed by atoms with E-state index in [1.807, 2.05) is 51.1 Å². The minimum Gasteiger partial charge on any atom is -0.481 e. The highest BCUT2D eigenvalue weighted by molar-refractivity contribution is 5.88. The van der Waals surface area contributed by atoms with Crippen molar-refractivity contribution in [3.8, 4) is 0 Å². The molecule has 0 aromatic heterocycles. The zero-order valence-corrected chi connectivity index (χ0v) is 15.1. The Morgan fingerprint density at radius 2 is 1.76 bits per heavy atom. The van der Waals surface area contributed by atoms with E-state index in [2.05, 4.69) is 10.6 Å². The Bertz CT molecular complexity index is 572. The second-order valence-electron chi connectivity index (χ2n) is 6.52. The van der Waals surface area contributed by atoms with E-state index in [1.165, 1.54) is 0 Å². The van der Waals surface area contributed by atoms with Crippen LogP contribution in [0.2, 0.25) is 0 Å². The van der Waals surface area contributed by atoms with Gasteiger partial charge in [0.25, 0.3) is 0 Å². The van der Waals surface area contributed by atoms with Crippen molar-refractivity contribution in [2.45, 2.75) is 46.1 Å². The topological polar surface area (TPSA) is 95.5 Å². The molecule has 1 aromatic rings. The molecule has 0 bridgehead atoms. The van der Waals surface area contributed by atoms with Gasteiger partial charge in [-0.1, -0.05) is 57.5 Å². The summed E-state index contributed by atoms with van der Waals surface area (Å²) in [6.07, 6.45) is 1.43. The lowest BCUT2D eigenvalue weighted by molar-refractivity contribution is -0.142. The summed E-state index contributed by atoms with van der Waals surface area (Å²) >= 11 is 0. The summed E-state index contributed by atoms with van der Waals surface area (Å²) in [4.78, 5) is 35.7. The van der Waals surface area contributed by atoms with Gasteiger partial charge in [0.05, 0.1) is 12.3 Å². The van der Waals surface area contributed by atoms with Crippen LogP contribution in [0, 0.1) is 11.8 Å². The molecule has 0 aliphatic carbocycles. The van der Waals surface area contributed by atoms with Crippen LogP contribution in [0.3, 0.4) is 0 Å². The van der Waals surface area contributed by atoms with Crippen LogP contribution in [0.15, 0.2) is 30.3 Å². The molecule has 1 aromatic carbocycles. The maximum Gasteiger partial charge on any atom is 0.308 e. The van der Waals surface area contributed by atoms with Crippen molar-refractivity contribution in [2.24, 2.45) is 11.8 Å². The van der Waals surface area contributed by atoms with Crippen molar-refractivity contribution in [1.82, 2.24) is 10.6 Å². The van der Waals surface area contributed by atoms with E-state index in [0.717, 1.165) is 12.0 Å². The summed E-state index contributed by atoms with van der Waals surface area (Å²) in [5.41, 5.74) is 0.872. The molecular weight excluding hydrogens is 320 g/mol. The van der Waals surface area contributed by atoms with Crippen LogP contribution in [0.25, 0.3) is 0 Å². The highest BCUT2D eigenvalue weighted by atomic mass is 16.4. The molecule has 0 aliphatic heterocycles. The average molecular weight is 348 g/mol. The lowest BCUT2D eigenvalue weighted by Gasteiger charge is -2.23. The quantitative estimate of drug-likeness (QED) is 0.602. The first kappa shape index (κ1) is 20.7. The third-order valence-corrected chi connectivity index (χ3v) is 3.98. The van der Waals surface area contributed by atoms with Crippen LogP contribution in [0.4, 0.5) is 0 Å². The lowest BCUT2D eigenvalue weighted by Crippen LogP contribution is -2.51. The zero-order chi connectivity index (χ0) is 18.8. The molecule has 0 fully saturated rings. The summed E-state index contributed by atoms with van der Waals surface area (Å²) < 4.78 is 0. The molecule has 0 aliphatic rings. The standard InChI is InChI=1S/C19H28N2O4/c1-4-8-15(19(24)25)12-20-18(23)17(13(2)3)21-16(22)11-14-9-6-5-7-10-14/h5-7,9-10,13,15,17H,4,8,11-12H2,1-3H3,(H,20,23)(H,21,22)(H,24,25). The zero-order valence-electron chi connectivity index (χ0n) is 15.1. The van der Waals surface area contributed by atoms with Gasteiger partial charge in [-0.2, -0.15) is 0 Å². The largest absolute Gasteiger partial charge is 0.481 e. The number of amides is 2. The molecule has 1 rings (SSSR count). The van der Waals surface area contributed by atoms with Gasteiger partial charge in [-0.15, -0.1) is 0 Å². The van der Waals surface area contributed by atoms with Crippen molar-refractivity contribution >= 4 is 17.8 Å². The maximum atomic E-state index is 12.4. The normalized spacial score (nSPS) is 13.1. The first-order chi connectivity index (χ1) is 11.8. The minimum atomic E-state index is -0.920. The highest BCUT2D eigenvalue weighted by Gasteiger charge is 2.25. The van der Waals surface area contributed by atoms with E-state index in [0.29, 0.717) is 6.42 Å². The molecule has 6 nitrogen and oxygen atoms in total. The number of carbonyl (C=O) groups excluding carboxylic acids is 2. The Kier molecular flexibility index (Phi) is 8.67. The van der Waals surface area contributed by atoms with E-state index < -0.39 is 17.9 Å². The van der Waals surface area contributed by atoms with Crippen LogP contribution >= 0.6 is 0 Å². The number of hydrogen-bond donors (Lipinski definition) is 3. The molecule has 25 heavy (non-hydrogen) atoms. The molecule has 2 atom stereocenters.